The molecular formula is C23H24FN3O3. The lowest BCUT2D eigenvalue weighted by atomic mass is 9.97. The number of rotatable bonds is 4. The molecule has 0 unspecified atom stereocenters. The molecule has 6 nitrogen and oxygen atoms in total. The van der Waals surface area contributed by atoms with Crippen LogP contribution in [0.2, 0.25) is 0 Å². The highest BCUT2D eigenvalue weighted by atomic mass is 19.1. The van der Waals surface area contributed by atoms with Gasteiger partial charge in [-0.1, -0.05) is 24.3 Å². The molecule has 0 fully saturated rings. The third kappa shape index (κ3) is 4.77. The summed E-state index contributed by atoms with van der Waals surface area (Å²) in [4.78, 5) is 25.7. The van der Waals surface area contributed by atoms with Crippen molar-refractivity contribution in [2.45, 2.75) is 45.4 Å². The smallest absolute Gasteiger partial charge is 0.408 e. The number of carbonyl (C=O) groups excluding carboxylic acids is 2. The van der Waals surface area contributed by atoms with Crippen LogP contribution in [0, 0.1) is 17.1 Å². The zero-order chi connectivity index (χ0) is 22.1. The number of nitrogens with zero attached hydrogens (tertiary/aromatic N) is 2. The van der Waals surface area contributed by atoms with E-state index in [9.17, 15) is 19.2 Å². The number of benzene rings is 2. The maximum Gasteiger partial charge on any atom is 0.408 e. The standard InChI is InChI=1S/C23H24FN3O3/c1-23(2,3)30-22(29)26-18(12-25)9-16-7-5-15(11-20(16)24)14-6-8-17-13-27(4)21(28)19(17)10-14/h5-8,10-11,18H,9,13H2,1-4H3,(H,26,29)/t18-/m0/s1. The molecule has 0 aromatic heterocycles. The van der Waals surface area contributed by atoms with Crippen LogP contribution in [0.5, 0.6) is 0 Å². The molecule has 30 heavy (non-hydrogen) atoms. The first-order valence-corrected chi connectivity index (χ1v) is 9.63. The van der Waals surface area contributed by atoms with E-state index in [1.807, 2.05) is 18.2 Å². The number of ether oxygens (including phenoxy) is 1. The number of carbonyl (C=O) groups is 2. The largest absolute Gasteiger partial charge is 0.444 e. The van der Waals surface area contributed by atoms with Crippen molar-refractivity contribution >= 4 is 12.0 Å². The lowest BCUT2D eigenvalue weighted by Gasteiger charge is -2.21. The highest BCUT2D eigenvalue weighted by molar-refractivity contribution is 5.99. The van der Waals surface area contributed by atoms with Crippen molar-refractivity contribution in [2.24, 2.45) is 0 Å². The Bertz CT molecular complexity index is 1040. The van der Waals surface area contributed by atoms with Crippen molar-refractivity contribution < 1.29 is 18.7 Å². The topological polar surface area (TPSA) is 82.4 Å². The summed E-state index contributed by atoms with van der Waals surface area (Å²) in [7, 11) is 1.74. The van der Waals surface area contributed by atoms with Gasteiger partial charge in [0, 0.05) is 25.6 Å². The van der Waals surface area contributed by atoms with Crippen LogP contribution in [0.4, 0.5) is 9.18 Å². The Hall–Kier alpha value is -3.40. The molecule has 0 radical (unpaired) electrons. The molecule has 0 spiro atoms. The number of hydrogen-bond donors (Lipinski definition) is 1. The summed E-state index contributed by atoms with van der Waals surface area (Å²) in [5, 5.41) is 11.8. The number of nitrogens with one attached hydrogen (secondary N) is 1. The molecule has 2 aromatic carbocycles. The van der Waals surface area contributed by atoms with Gasteiger partial charge in [-0.05, 0) is 55.2 Å². The fourth-order valence-corrected chi connectivity index (χ4v) is 3.32. The molecule has 1 aliphatic heterocycles. The molecule has 0 aliphatic carbocycles. The number of nitriles is 1. The molecule has 0 saturated heterocycles. The van der Waals surface area contributed by atoms with E-state index in [1.54, 1.807) is 50.9 Å². The van der Waals surface area contributed by atoms with Crippen LogP contribution in [0.25, 0.3) is 11.1 Å². The highest BCUT2D eigenvalue weighted by Crippen LogP contribution is 2.29. The second-order valence-corrected chi connectivity index (χ2v) is 8.37. The van der Waals surface area contributed by atoms with Crippen LogP contribution in [0.1, 0.15) is 42.3 Å². The lowest BCUT2D eigenvalue weighted by Crippen LogP contribution is -2.39. The molecule has 1 aliphatic rings. The van der Waals surface area contributed by atoms with Crippen molar-refractivity contribution in [3.05, 3.63) is 58.9 Å². The molecule has 0 saturated carbocycles. The molecule has 1 atom stereocenters. The molecular weight excluding hydrogens is 385 g/mol. The van der Waals surface area contributed by atoms with Crippen molar-refractivity contribution in [3.8, 4) is 17.2 Å². The Morgan fingerprint density at radius 1 is 1.27 bits per heavy atom. The van der Waals surface area contributed by atoms with Gasteiger partial charge >= 0.3 is 6.09 Å². The van der Waals surface area contributed by atoms with E-state index in [4.69, 9.17) is 4.74 Å². The van der Waals surface area contributed by atoms with Crippen molar-refractivity contribution in [1.29, 1.82) is 5.26 Å². The van der Waals surface area contributed by atoms with Gasteiger partial charge in [0.2, 0.25) is 0 Å². The Labute approximate surface area is 175 Å². The summed E-state index contributed by atoms with van der Waals surface area (Å²) in [5.74, 6) is -0.531. The lowest BCUT2D eigenvalue weighted by molar-refractivity contribution is 0.0515. The van der Waals surface area contributed by atoms with E-state index in [0.717, 1.165) is 11.1 Å². The van der Waals surface area contributed by atoms with Gasteiger partial charge in [0.15, 0.2) is 0 Å². The third-order valence-corrected chi connectivity index (χ3v) is 4.75. The third-order valence-electron chi connectivity index (χ3n) is 4.75. The number of fused-ring (bicyclic) bond motifs is 1. The van der Waals surface area contributed by atoms with Gasteiger partial charge in [-0.25, -0.2) is 9.18 Å². The van der Waals surface area contributed by atoms with E-state index in [1.165, 1.54) is 6.07 Å². The maximum atomic E-state index is 14.7. The minimum atomic E-state index is -0.923. The van der Waals surface area contributed by atoms with Gasteiger partial charge in [-0.15, -0.1) is 0 Å². The Balaban J connectivity index is 1.75. The quantitative estimate of drug-likeness (QED) is 0.826. The molecule has 3 rings (SSSR count). The first-order valence-electron chi connectivity index (χ1n) is 9.63. The Kier molecular flexibility index (Phi) is 5.79. The van der Waals surface area contributed by atoms with E-state index in [0.29, 0.717) is 23.2 Å². The normalized spacial score (nSPS) is 14.1. The Morgan fingerprint density at radius 3 is 2.57 bits per heavy atom. The van der Waals surface area contributed by atoms with E-state index in [2.05, 4.69) is 5.32 Å². The first kappa shape index (κ1) is 21.3. The van der Waals surface area contributed by atoms with Crippen molar-refractivity contribution in [1.82, 2.24) is 10.2 Å². The molecule has 0 bridgehead atoms. The maximum absolute atomic E-state index is 14.7. The summed E-state index contributed by atoms with van der Waals surface area (Å²) in [6.07, 6.45) is -0.714. The minimum Gasteiger partial charge on any atom is -0.444 e. The van der Waals surface area contributed by atoms with Crippen molar-refractivity contribution in [2.75, 3.05) is 7.05 Å². The summed E-state index contributed by atoms with van der Waals surface area (Å²) in [6.45, 7) is 5.73. The predicted octanol–water partition coefficient (Wildman–Crippen LogP) is 4.04. The van der Waals surface area contributed by atoms with Gasteiger partial charge in [-0.2, -0.15) is 5.26 Å². The van der Waals surface area contributed by atoms with Crippen LogP contribution in [-0.4, -0.2) is 35.6 Å². The van der Waals surface area contributed by atoms with Gasteiger partial charge in [-0.3, -0.25) is 4.79 Å². The molecule has 7 heteroatoms. The molecule has 2 amide bonds. The SMILES string of the molecule is CN1Cc2ccc(-c3ccc(C[C@@H](C#N)NC(=O)OC(C)(C)C)c(F)c3)cc2C1=O. The van der Waals surface area contributed by atoms with E-state index < -0.39 is 23.6 Å². The van der Waals surface area contributed by atoms with Gasteiger partial charge < -0.3 is 15.0 Å². The highest BCUT2D eigenvalue weighted by Gasteiger charge is 2.25. The summed E-state index contributed by atoms with van der Waals surface area (Å²) >= 11 is 0. The number of hydrogen-bond acceptors (Lipinski definition) is 4. The van der Waals surface area contributed by atoms with Crippen molar-refractivity contribution in [3.63, 3.8) is 0 Å². The fourth-order valence-electron chi connectivity index (χ4n) is 3.32. The van der Waals surface area contributed by atoms with Crippen LogP contribution >= 0.6 is 0 Å². The first-order chi connectivity index (χ1) is 14.1. The molecule has 1 N–H and O–H groups in total. The van der Waals surface area contributed by atoms with Gasteiger partial charge in [0.05, 0.1) is 6.07 Å². The summed E-state index contributed by atoms with van der Waals surface area (Å²) < 4.78 is 19.9. The number of halogens is 1. The van der Waals surface area contributed by atoms with Crippen LogP contribution in [0.3, 0.4) is 0 Å². The second-order valence-electron chi connectivity index (χ2n) is 8.37. The monoisotopic (exact) mass is 409 g/mol. The minimum absolute atomic E-state index is 0.00925. The molecule has 1 heterocycles. The number of alkyl carbamates (subject to hydrolysis) is 1. The zero-order valence-corrected chi connectivity index (χ0v) is 17.5. The fraction of sp³-hybridized carbons (Fsp3) is 0.348. The average Bonchev–Trinajstić information content (AvgIpc) is 2.94. The van der Waals surface area contributed by atoms with E-state index >= 15 is 0 Å². The van der Waals surface area contributed by atoms with Crippen LogP contribution < -0.4 is 5.32 Å². The molecule has 2 aromatic rings. The zero-order valence-electron chi connectivity index (χ0n) is 17.5. The number of amides is 2. The summed E-state index contributed by atoms with van der Waals surface area (Å²) in [5.41, 5.74) is 2.57. The predicted molar refractivity (Wildman–Crippen MR) is 110 cm³/mol. The van der Waals surface area contributed by atoms with Crippen LogP contribution in [-0.2, 0) is 17.7 Å². The van der Waals surface area contributed by atoms with Gasteiger partial charge in [0.1, 0.15) is 17.5 Å². The van der Waals surface area contributed by atoms with Gasteiger partial charge in [0.25, 0.3) is 5.91 Å². The van der Waals surface area contributed by atoms with Crippen LogP contribution in [0.15, 0.2) is 36.4 Å². The molecule has 156 valence electrons. The average molecular weight is 409 g/mol. The van der Waals surface area contributed by atoms with E-state index in [-0.39, 0.29) is 12.3 Å². The summed E-state index contributed by atoms with van der Waals surface area (Å²) in [6, 6.07) is 11.3. The second kappa shape index (κ2) is 8.15. The Morgan fingerprint density at radius 2 is 1.93 bits per heavy atom.